The number of piperazine rings is 1. The summed E-state index contributed by atoms with van der Waals surface area (Å²) in [6.45, 7) is 3.14. The molecule has 2 aromatic rings. The van der Waals surface area contributed by atoms with E-state index in [9.17, 15) is 10.1 Å². The fraction of sp³-hybridized carbons (Fsp3) is 0.368. The molecule has 0 aromatic carbocycles. The number of amides is 1. The topological polar surface area (TPSA) is 85.2 Å². The van der Waals surface area contributed by atoms with Gasteiger partial charge in [0.15, 0.2) is 0 Å². The van der Waals surface area contributed by atoms with Gasteiger partial charge in [0.25, 0.3) is 5.91 Å². The Hall–Kier alpha value is -3.14. The van der Waals surface area contributed by atoms with E-state index < -0.39 is 0 Å². The fourth-order valence-electron chi connectivity index (χ4n) is 3.09. The Balaban J connectivity index is 1.38. The molecular weight excluding hydrogens is 328 g/mol. The standard InChI is InChI=1S/C19H20N6O/c20-12-14-2-1-7-21-18(14)25-10-8-24(9-11-25)17-6-3-15(13-22-17)19(26)23-16-4-5-16/h1-3,6-7,13,16H,4-5,8-11H2,(H,23,26). The van der Waals surface area contributed by atoms with Gasteiger partial charge in [0.1, 0.15) is 17.7 Å². The van der Waals surface area contributed by atoms with Crippen molar-refractivity contribution < 1.29 is 4.79 Å². The largest absolute Gasteiger partial charge is 0.353 e. The molecule has 1 amide bonds. The lowest BCUT2D eigenvalue weighted by Gasteiger charge is -2.36. The summed E-state index contributed by atoms with van der Waals surface area (Å²) in [4.78, 5) is 25.2. The molecule has 1 aliphatic heterocycles. The summed E-state index contributed by atoms with van der Waals surface area (Å²) in [5, 5.41) is 12.2. The Kier molecular flexibility index (Phi) is 4.40. The molecule has 4 rings (SSSR count). The third-order valence-electron chi connectivity index (χ3n) is 4.73. The van der Waals surface area contributed by atoms with Crippen molar-refractivity contribution in [2.24, 2.45) is 0 Å². The lowest BCUT2D eigenvalue weighted by atomic mass is 10.2. The van der Waals surface area contributed by atoms with Crippen molar-refractivity contribution in [2.75, 3.05) is 36.0 Å². The second kappa shape index (κ2) is 7.00. The van der Waals surface area contributed by atoms with E-state index in [4.69, 9.17) is 0 Å². The summed E-state index contributed by atoms with van der Waals surface area (Å²) in [6, 6.07) is 9.86. The van der Waals surface area contributed by atoms with Crippen molar-refractivity contribution in [3.63, 3.8) is 0 Å². The Morgan fingerprint density at radius 3 is 2.54 bits per heavy atom. The van der Waals surface area contributed by atoms with Crippen molar-refractivity contribution >= 4 is 17.5 Å². The fourth-order valence-corrected chi connectivity index (χ4v) is 3.09. The van der Waals surface area contributed by atoms with Gasteiger partial charge < -0.3 is 15.1 Å². The maximum absolute atomic E-state index is 12.0. The first-order valence-corrected chi connectivity index (χ1v) is 8.86. The predicted molar refractivity (Wildman–Crippen MR) is 98.1 cm³/mol. The highest BCUT2D eigenvalue weighted by atomic mass is 16.1. The second-order valence-electron chi connectivity index (χ2n) is 6.61. The summed E-state index contributed by atoms with van der Waals surface area (Å²) in [5.74, 6) is 1.57. The summed E-state index contributed by atoms with van der Waals surface area (Å²) < 4.78 is 0. The van der Waals surface area contributed by atoms with Gasteiger partial charge >= 0.3 is 0 Å². The molecule has 132 valence electrons. The van der Waals surface area contributed by atoms with Crippen LogP contribution in [0, 0.1) is 11.3 Å². The third-order valence-corrected chi connectivity index (χ3v) is 4.73. The summed E-state index contributed by atoms with van der Waals surface area (Å²) in [5.41, 5.74) is 1.21. The first-order chi connectivity index (χ1) is 12.7. The van der Waals surface area contributed by atoms with Crippen LogP contribution in [0.2, 0.25) is 0 Å². The number of rotatable bonds is 4. The summed E-state index contributed by atoms with van der Waals surface area (Å²) in [7, 11) is 0. The quantitative estimate of drug-likeness (QED) is 0.903. The average Bonchev–Trinajstić information content (AvgIpc) is 3.52. The normalized spacial score (nSPS) is 16.9. The maximum Gasteiger partial charge on any atom is 0.253 e. The molecule has 3 heterocycles. The molecule has 7 nitrogen and oxygen atoms in total. The summed E-state index contributed by atoms with van der Waals surface area (Å²) in [6.07, 6.45) is 5.51. The van der Waals surface area contributed by atoms with Crippen molar-refractivity contribution in [3.8, 4) is 6.07 Å². The van der Waals surface area contributed by atoms with E-state index in [-0.39, 0.29) is 5.91 Å². The second-order valence-corrected chi connectivity index (χ2v) is 6.61. The van der Waals surface area contributed by atoms with E-state index in [1.165, 1.54) is 0 Å². The van der Waals surface area contributed by atoms with Gasteiger partial charge in [0.05, 0.1) is 11.1 Å². The van der Waals surface area contributed by atoms with E-state index in [1.807, 2.05) is 12.1 Å². The van der Waals surface area contributed by atoms with Crippen LogP contribution in [0.25, 0.3) is 0 Å². The highest BCUT2D eigenvalue weighted by Gasteiger charge is 2.24. The molecule has 1 aliphatic carbocycles. The zero-order chi connectivity index (χ0) is 17.9. The van der Waals surface area contributed by atoms with Crippen LogP contribution in [0.5, 0.6) is 0 Å². The minimum absolute atomic E-state index is 0.0458. The van der Waals surface area contributed by atoms with Crippen LogP contribution in [0.4, 0.5) is 11.6 Å². The molecule has 2 aromatic heterocycles. The number of hydrogen-bond donors (Lipinski definition) is 1. The van der Waals surface area contributed by atoms with Crippen molar-refractivity contribution in [2.45, 2.75) is 18.9 Å². The molecule has 0 atom stereocenters. The average molecular weight is 348 g/mol. The van der Waals surface area contributed by atoms with Gasteiger partial charge in [-0.3, -0.25) is 4.79 Å². The van der Waals surface area contributed by atoms with Crippen molar-refractivity contribution in [1.29, 1.82) is 5.26 Å². The van der Waals surface area contributed by atoms with E-state index in [1.54, 1.807) is 24.5 Å². The Bertz CT molecular complexity index is 832. The Labute approximate surface area is 152 Å². The molecule has 0 radical (unpaired) electrons. The molecule has 0 spiro atoms. The lowest BCUT2D eigenvalue weighted by Crippen LogP contribution is -2.47. The number of aromatic nitrogens is 2. The van der Waals surface area contributed by atoms with E-state index in [2.05, 4.69) is 31.2 Å². The monoisotopic (exact) mass is 348 g/mol. The van der Waals surface area contributed by atoms with Gasteiger partial charge in [0.2, 0.25) is 0 Å². The van der Waals surface area contributed by atoms with E-state index >= 15 is 0 Å². The number of carbonyl (C=O) groups excluding carboxylic acids is 1. The van der Waals surface area contributed by atoms with Crippen LogP contribution in [0.15, 0.2) is 36.7 Å². The van der Waals surface area contributed by atoms with E-state index in [0.29, 0.717) is 17.2 Å². The molecule has 0 unspecified atom stereocenters. The van der Waals surface area contributed by atoms with Crippen molar-refractivity contribution in [1.82, 2.24) is 15.3 Å². The van der Waals surface area contributed by atoms with Gasteiger partial charge in [-0.1, -0.05) is 0 Å². The number of nitrogens with one attached hydrogen (secondary N) is 1. The Morgan fingerprint density at radius 2 is 1.88 bits per heavy atom. The minimum Gasteiger partial charge on any atom is -0.353 e. The van der Waals surface area contributed by atoms with E-state index in [0.717, 1.165) is 50.7 Å². The maximum atomic E-state index is 12.0. The van der Waals surface area contributed by atoms with Gasteiger partial charge in [-0.25, -0.2) is 9.97 Å². The number of hydrogen-bond acceptors (Lipinski definition) is 6. The number of pyridine rings is 2. The summed E-state index contributed by atoms with van der Waals surface area (Å²) >= 11 is 0. The van der Waals surface area contributed by atoms with Crippen LogP contribution < -0.4 is 15.1 Å². The van der Waals surface area contributed by atoms with Crippen LogP contribution in [-0.2, 0) is 0 Å². The third kappa shape index (κ3) is 3.45. The molecule has 1 N–H and O–H groups in total. The molecule has 2 aliphatic rings. The molecule has 0 bridgehead atoms. The lowest BCUT2D eigenvalue weighted by molar-refractivity contribution is 0.0950. The zero-order valence-electron chi connectivity index (χ0n) is 14.4. The highest BCUT2D eigenvalue weighted by Crippen LogP contribution is 2.21. The number of anilines is 2. The first-order valence-electron chi connectivity index (χ1n) is 8.86. The SMILES string of the molecule is N#Cc1cccnc1N1CCN(c2ccc(C(=O)NC3CC3)cn2)CC1. The highest BCUT2D eigenvalue weighted by molar-refractivity contribution is 5.94. The molecule has 1 saturated heterocycles. The molecule has 26 heavy (non-hydrogen) atoms. The molecule has 2 fully saturated rings. The number of nitrogens with zero attached hydrogens (tertiary/aromatic N) is 5. The van der Waals surface area contributed by atoms with Gasteiger partial charge in [-0.2, -0.15) is 5.26 Å². The van der Waals surface area contributed by atoms with Crippen molar-refractivity contribution in [3.05, 3.63) is 47.8 Å². The van der Waals surface area contributed by atoms with Crippen LogP contribution in [0.3, 0.4) is 0 Å². The molecule has 1 saturated carbocycles. The molecule has 7 heteroatoms. The van der Waals surface area contributed by atoms with Gasteiger partial charge in [-0.15, -0.1) is 0 Å². The van der Waals surface area contributed by atoms with Gasteiger partial charge in [-0.05, 0) is 37.1 Å². The number of nitriles is 1. The van der Waals surface area contributed by atoms with Crippen LogP contribution in [-0.4, -0.2) is 48.1 Å². The minimum atomic E-state index is -0.0458. The zero-order valence-corrected chi connectivity index (χ0v) is 14.4. The predicted octanol–water partition coefficient (Wildman–Crippen LogP) is 1.57. The number of carbonyl (C=O) groups is 1. The molecular formula is C19H20N6O. The van der Waals surface area contributed by atoms with Crippen LogP contribution >= 0.6 is 0 Å². The first kappa shape index (κ1) is 16.3. The van der Waals surface area contributed by atoms with Crippen LogP contribution in [0.1, 0.15) is 28.8 Å². The Morgan fingerprint density at radius 1 is 1.12 bits per heavy atom. The van der Waals surface area contributed by atoms with Gasteiger partial charge in [0, 0.05) is 44.6 Å². The smallest absolute Gasteiger partial charge is 0.253 e.